The lowest BCUT2D eigenvalue weighted by atomic mass is 9.95. The number of ether oxygens (including phenoxy) is 1. The van der Waals surface area contributed by atoms with Crippen LogP contribution in [0.4, 0.5) is 0 Å². The van der Waals surface area contributed by atoms with Crippen LogP contribution in [0.1, 0.15) is 28.4 Å². The molecule has 2 heterocycles. The highest BCUT2D eigenvalue weighted by atomic mass is 16.5. The van der Waals surface area contributed by atoms with Gasteiger partial charge >= 0.3 is 0 Å². The summed E-state index contributed by atoms with van der Waals surface area (Å²) < 4.78 is 5.81. The van der Waals surface area contributed by atoms with Crippen molar-refractivity contribution in [1.82, 2.24) is 10.3 Å². The van der Waals surface area contributed by atoms with Gasteiger partial charge in [0, 0.05) is 31.3 Å². The van der Waals surface area contributed by atoms with Crippen molar-refractivity contribution in [3.05, 3.63) is 70.1 Å². The number of carbonyl (C=O) groups excluding carboxylic acids is 1. The highest BCUT2D eigenvalue weighted by Gasteiger charge is 2.29. The van der Waals surface area contributed by atoms with E-state index in [0.717, 1.165) is 12.0 Å². The molecule has 2 aromatic rings. The minimum Gasteiger partial charge on any atom is -0.373 e. The highest BCUT2D eigenvalue weighted by Crippen LogP contribution is 2.33. The fourth-order valence-corrected chi connectivity index (χ4v) is 2.73. The Morgan fingerprint density at radius 2 is 2.05 bits per heavy atom. The number of pyridine rings is 1. The lowest BCUT2D eigenvalue weighted by molar-refractivity contribution is 0.0846. The second kappa shape index (κ2) is 6.58. The molecule has 22 heavy (non-hydrogen) atoms. The minimum absolute atomic E-state index is 0.0251. The van der Waals surface area contributed by atoms with E-state index in [-0.39, 0.29) is 23.5 Å². The van der Waals surface area contributed by atoms with Gasteiger partial charge in [-0.1, -0.05) is 30.3 Å². The molecule has 1 aromatic carbocycles. The van der Waals surface area contributed by atoms with E-state index >= 15 is 0 Å². The molecule has 0 bridgehead atoms. The number of H-pyrrole nitrogens is 1. The Hall–Kier alpha value is -2.40. The van der Waals surface area contributed by atoms with E-state index in [1.807, 2.05) is 30.3 Å². The summed E-state index contributed by atoms with van der Waals surface area (Å²) >= 11 is 0. The number of rotatable bonds is 4. The van der Waals surface area contributed by atoms with Crippen molar-refractivity contribution < 1.29 is 9.53 Å². The fourth-order valence-electron chi connectivity index (χ4n) is 2.73. The summed E-state index contributed by atoms with van der Waals surface area (Å²) in [7, 11) is 0. The molecule has 1 fully saturated rings. The smallest absolute Gasteiger partial charge is 0.252 e. The molecule has 0 radical (unpaired) electrons. The Balaban J connectivity index is 1.62. The molecular formula is C17H18N2O3. The van der Waals surface area contributed by atoms with Crippen LogP contribution < -0.4 is 10.9 Å². The van der Waals surface area contributed by atoms with E-state index in [4.69, 9.17) is 4.74 Å². The quantitative estimate of drug-likeness (QED) is 0.905. The van der Waals surface area contributed by atoms with Crippen molar-refractivity contribution in [3.8, 4) is 0 Å². The zero-order valence-corrected chi connectivity index (χ0v) is 12.1. The topological polar surface area (TPSA) is 71.2 Å². The fraction of sp³-hybridized carbons (Fsp3) is 0.294. The first-order valence-electron chi connectivity index (χ1n) is 7.37. The third kappa shape index (κ3) is 3.26. The molecule has 1 aromatic heterocycles. The maximum Gasteiger partial charge on any atom is 0.252 e. The molecule has 3 rings (SSSR count). The second-order valence-corrected chi connectivity index (χ2v) is 5.40. The zero-order valence-electron chi connectivity index (χ0n) is 12.1. The van der Waals surface area contributed by atoms with E-state index in [1.54, 1.807) is 0 Å². The lowest BCUT2D eigenvalue weighted by Gasteiger charge is -2.19. The minimum atomic E-state index is -0.218. The Morgan fingerprint density at radius 3 is 2.77 bits per heavy atom. The van der Waals surface area contributed by atoms with E-state index in [2.05, 4.69) is 10.3 Å². The molecule has 5 nitrogen and oxygen atoms in total. The molecule has 0 aliphatic carbocycles. The molecule has 0 unspecified atom stereocenters. The van der Waals surface area contributed by atoms with Crippen LogP contribution in [0, 0.1) is 5.92 Å². The largest absolute Gasteiger partial charge is 0.373 e. The first kappa shape index (κ1) is 14.5. The first-order chi connectivity index (χ1) is 10.7. The molecule has 114 valence electrons. The number of aromatic amines is 1. The first-order valence-corrected chi connectivity index (χ1v) is 7.37. The summed E-state index contributed by atoms with van der Waals surface area (Å²) in [6, 6.07) is 12.9. The standard InChI is InChI=1S/C17H18N2O3/c20-15-7-6-14(11-18-15)17(21)19-10-13-8-9-22-16(13)12-4-2-1-3-5-12/h1-7,11,13,16H,8-10H2,(H,18,20)(H,19,21)/t13-,16-/m1/s1. The van der Waals surface area contributed by atoms with E-state index in [0.29, 0.717) is 18.7 Å². The summed E-state index contributed by atoms with van der Waals surface area (Å²) in [5, 5.41) is 2.92. The lowest BCUT2D eigenvalue weighted by Crippen LogP contribution is -2.30. The summed E-state index contributed by atoms with van der Waals surface area (Å²) in [5.41, 5.74) is 1.38. The van der Waals surface area contributed by atoms with Crippen molar-refractivity contribution in [1.29, 1.82) is 0 Å². The monoisotopic (exact) mass is 298 g/mol. The molecule has 2 atom stereocenters. The van der Waals surface area contributed by atoms with Crippen LogP contribution in [-0.4, -0.2) is 24.0 Å². The Morgan fingerprint density at radius 1 is 1.23 bits per heavy atom. The maximum atomic E-state index is 12.1. The van der Waals surface area contributed by atoms with Gasteiger partial charge in [0.05, 0.1) is 11.7 Å². The van der Waals surface area contributed by atoms with E-state index in [9.17, 15) is 9.59 Å². The van der Waals surface area contributed by atoms with Crippen molar-refractivity contribution in [2.24, 2.45) is 5.92 Å². The molecule has 5 heteroatoms. The number of benzene rings is 1. The number of nitrogens with one attached hydrogen (secondary N) is 2. The average Bonchev–Trinajstić information content (AvgIpc) is 3.02. The Bertz CT molecular complexity index is 676. The van der Waals surface area contributed by atoms with Crippen LogP contribution in [0.5, 0.6) is 0 Å². The van der Waals surface area contributed by atoms with Crippen molar-refractivity contribution in [2.45, 2.75) is 12.5 Å². The molecular weight excluding hydrogens is 280 g/mol. The van der Waals surface area contributed by atoms with Gasteiger partial charge in [0.1, 0.15) is 0 Å². The number of hydrogen-bond acceptors (Lipinski definition) is 3. The van der Waals surface area contributed by atoms with Gasteiger partial charge in [0.15, 0.2) is 0 Å². The number of hydrogen-bond donors (Lipinski definition) is 2. The van der Waals surface area contributed by atoms with Gasteiger partial charge < -0.3 is 15.0 Å². The number of aromatic nitrogens is 1. The van der Waals surface area contributed by atoms with Gasteiger partial charge in [-0.25, -0.2) is 0 Å². The highest BCUT2D eigenvalue weighted by molar-refractivity contribution is 5.93. The maximum absolute atomic E-state index is 12.1. The second-order valence-electron chi connectivity index (χ2n) is 5.40. The normalized spacial score (nSPS) is 20.7. The van der Waals surface area contributed by atoms with Gasteiger partial charge in [-0.15, -0.1) is 0 Å². The molecule has 1 aliphatic heterocycles. The molecule has 0 spiro atoms. The molecule has 1 saturated heterocycles. The van der Waals surface area contributed by atoms with Crippen LogP contribution in [0.15, 0.2) is 53.5 Å². The van der Waals surface area contributed by atoms with Gasteiger partial charge in [-0.3, -0.25) is 9.59 Å². The Kier molecular flexibility index (Phi) is 4.34. The van der Waals surface area contributed by atoms with Crippen molar-refractivity contribution in [2.75, 3.05) is 13.2 Å². The third-order valence-corrected chi connectivity index (χ3v) is 3.91. The van der Waals surface area contributed by atoms with Gasteiger partial charge in [0.25, 0.3) is 5.91 Å². The SMILES string of the molecule is O=C(NC[C@H]1CCO[C@@H]1c1ccccc1)c1ccc(=O)[nH]c1. The Labute approximate surface area is 128 Å². The molecule has 1 amide bonds. The number of carbonyl (C=O) groups is 1. The summed E-state index contributed by atoms with van der Waals surface area (Å²) in [6.07, 6.45) is 2.38. The predicted octanol–water partition coefficient (Wildman–Crippen LogP) is 1.88. The van der Waals surface area contributed by atoms with Crippen molar-refractivity contribution >= 4 is 5.91 Å². The van der Waals surface area contributed by atoms with Crippen LogP contribution >= 0.6 is 0 Å². The third-order valence-electron chi connectivity index (χ3n) is 3.91. The van der Waals surface area contributed by atoms with Crippen LogP contribution in [0.3, 0.4) is 0 Å². The average molecular weight is 298 g/mol. The van der Waals surface area contributed by atoms with E-state index < -0.39 is 0 Å². The van der Waals surface area contributed by atoms with Gasteiger partial charge in [-0.2, -0.15) is 0 Å². The molecule has 0 saturated carbocycles. The zero-order chi connectivity index (χ0) is 15.4. The van der Waals surface area contributed by atoms with E-state index in [1.165, 1.54) is 18.3 Å². The van der Waals surface area contributed by atoms with Gasteiger partial charge in [0.2, 0.25) is 5.56 Å². The van der Waals surface area contributed by atoms with Gasteiger partial charge in [-0.05, 0) is 18.1 Å². The summed E-state index contributed by atoms with van der Waals surface area (Å²) in [6.45, 7) is 1.26. The van der Waals surface area contributed by atoms with Crippen LogP contribution in [0.2, 0.25) is 0 Å². The summed E-state index contributed by atoms with van der Waals surface area (Å²) in [5.74, 6) is 0.0732. The molecule has 1 aliphatic rings. The van der Waals surface area contributed by atoms with Crippen LogP contribution in [-0.2, 0) is 4.74 Å². The van der Waals surface area contributed by atoms with Crippen LogP contribution in [0.25, 0.3) is 0 Å². The number of amides is 1. The van der Waals surface area contributed by atoms with Crippen molar-refractivity contribution in [3.63, 3.8) is 0 Å². The predicted molar refractivity (Wildman–Crippen MR) is 82.6 cm³/mol. The molecule has 2 N–H and O–H groups in total. The summed E-state index contributed by atoms with van der Waals surface area (Å²) in [4.78, 5) is 25.6.